The van der Waals surface area contributed by atoms with Gasteiger partial charge in [0.25, 0.3) is 0 Å². The number of benzene rings is 1. The van der Waals surface area contributed by atoms with Crippen LogP contribution in [-0.4, -0.2) is 24.2 Å². The van der Waals surface area contributed by atoms with E-state index >= 15 is 0 Å². The maximum atomic E-state index is 12.3. The smallest absolute Gasteiger partial charge is 0.471 e. The van der Waals surface area contributed by atoms with Crippen molar-refractivity contribution in [2.24, 2.45) is 0 Å². The van der Waals surface area contributed by atoms with Gasteiger partial charge in [-0.2, -0.15) is 13.2 Å². The van der Waals surface area contributed by atoms with E-state index in [-0.39, 0.29) is 17.1 Å². The lowest BCUT2D eigenvalue weighted by molar-refractivity contribution is -0.167. The van der Waals surface area contributed by atoms with Crippen LogP contribution in [-0.2, 0) is 4.79 Å². The first-order valence-electron chi connectivity index (χ1n) is 5.34. The summed E-state index contributed by atoms with van der Waals surface area (Å²) >= 11 is 2.03. The molecular weight excluding hydrogens is 388 g/mol. The third-order valence-corrected chi connectivity index (χ3v) is 3.43. The number of aromatic nitrogens is 1. The van der Waals surface area contributed by atoms with E-state index in [2.05, 4.69) is 4.98 Å². The largest absolute Gasteiger partial charge is 0.481 e. The molecule has 0 aliphatic heterocycles. The number of rotatable bonds is 2. The molecule has 1 amide bonds. The average Bonchev–Trinajstić information content (AvgIpc) is 2.40. The summed E-state index contributed by atoms with van der Waals surface area (Å²) in [5.41, 5.74) is 0.232. The maximum absolute atomic E-state index is 12.3. The first-order chi connectivity index (χ1) is 9.32. The Bertz CT molecular complexity index is 674. The Labute approximate surface area is 125 Å². The highest BCUT2D eigenvalue weighted by Crippen LogP contribution is 2.29. The van der Waals surface area contributed by atoms with Gasteiger partial charge >= 0.3 is 12.1 Å². The van der Waals surface area contributed by atoms with Gasteiger partial charge in [0.2, 0.25) is 5.88 Å². The third kappa shape index (κ3) is 2.94. The second kappa shape index (κ2) is 5.43. The SMILES string of the molecule is COc1ccc2c(I)ccc(NC(=O)C(F)(F)F)c2n1. The summed E-state index contributed by atoms with van der Waals surface area (Å²) in [5.74, 6) is -1.79. The number of nitrogens with one attached hydrogen (secondary N) is 1. The molecule has 1 heterocycles. The number of ether oxygens (including phenoxy) is 1. The lowest BCUT2D eigenvalue weighted by atomic mass is 10.2. The number of anilines is 1. The molecule has 8 heteroatoms. The molecule has 106 valence electrons. The summed E-state index contributed by atoms with van der Waals surface area (Å²) in [6.07, 6.45) is -4.95. The summed E-state index contributed by atoms with van der Waals surface area (Å²) in [7, 11) is 1.40. The second-order valence-corrected chi connectivity index (χ2v) is 4.96. The van der Waals surface area contributed by atoms with E-state index < -0.39 is 12.1 Å². The van der Waals surface area contributed by atoms with Gasteiger partial charge in [0.05, 0.1) is 18.3 Å². The minimum Gasteiger partial charge on any atom is -0.481 e. The van der Waals surface area contributed by atoms with Gasteiger partial charge in [-0.3, -0.25) is 4.79 Å². The molecule has 0 spiro atoms. The van der Waals surface area contributed by atoms with Crippen LogP contribution >= 0.6 is 22.6 Å². The van der Waals surface area contributed by atoms with Crippen LogP contribution in [0.3, 0.4) is 0 Å². The quantitative estimate of drug-likeness (QED) is 0.793. The first kappa shape index (κ1) is 14.8. The second-order valence-electron chi connectivity index (χ2n) is 3.80. The predicted octanol–water partition coefficient (Wildman–Crippen LogP) is 3.35. The average molecular weight is 396 g/mol. The third-order valence-electron chi connectivity index (χ3n) is 2.49. The normalized spacial score (nSPS) is 11.4. The maximum Gasteiger partial charge on any atom is 0.471 e. The summed E-state index contributed by atoms with van der Waals surface area (Å²) in [6.45, 7) is 0. The van der Waals surface area contributed by atoms with Gasteiger partial charge in [-0.05, 0) is 40.8 Å². The van der Waals surface area contributed by atoms with Crippen LogP contribution < -0.4 is 10.1 Å². The molecule has 0 radical (unpaired) electrons. The first-order valence-corrected chi connectivity index (χ1v) is 6.42. The number of carbonyl (C=O) groups is 1. The lowest BCUT2D eigenvalue weighted by Crippen LogP contribution is -2.30. The van der Waals surface area contributed by atoms with Gasteiger partial charge in [0.1, 0.15) is 0 Å². The summed E-state index contributed by atoms with van der Waals surface area (Å²) in [5, 5.41) is 2.45. The number of pyridine rings is 1. The molecular formula is C12H8F3IN2O2. The number of methoxy groups -OCH3 is 1. The minimum absolute atomic E-state index is 0.0124. The molecule has 0 atom stereocenters. The van der Waals surface area contributed by atoms with Crippen LogP contribution in [0.5, 0.6) is 5.88 Å². The molecule has 0 fully saturated rings. The van der Waals surface area contributed by atoms with E-state index in [1.165, 1.54) is 13.2 Å². The summed E-state index contributed by atoms with van der Waals surface area (Å²) < 4.78 is 42.6. The van der Waals surface area contributed by atoms with Gasteiger partial charge in [-0.15, -0.1) is 0 Å². The van der Waals surface area contributed by atoms with Crippen molar-refractivity contribution in [3.63, 3.8) is 0 Å². The zero-order chi connectivity index (χ0) is 14.9. The van der Waals surface area contributed by atoms with Gasteiger partial charge in [0.15, 0.2) is 0 Å². The Morgan fingerprint density at radius 3 is 2.60 bits per heavy atom. The van der Waals surface area contributed by atoms with Crippen LogP contribution in [0.2, 0.25) is 0 Å². The van der Waals surface area contributed by atoms with E-state index in [4.69, 9.17) is 4.74 Å². The molecule has 0 aliphatic rings. The summed E-state index contributed by atoms with van der Waals surface area (Å²) in [4.78, 5) is 15.1. The number of hydrogen-bond donors (Lipinski definition) is 1. The highest BCUT2D eigenvalue weighted by atomic mass is 127. The molecule has 1 aromatic heterocycles. The van der Waals surface area contributed by atoms with Crippen LogP contribution in [0.25, 0.3) is 10.9 Å². The van der Waals surface area contributed by atoms with Gasteiger partial charge < -0.3 is 10.1 Å². The number of halogens is 4. The number of fused-ring (bicyclic) bond motifs is 1. The Morgan fingerprint density at radius 1 is 1.30 bits per heavy atom. The minimum atomic E-state index is -4.95. The fourth-order valence-corrected chi connectivity index (χ4v) is 2.19. The number of nitrogens with zero attached hydrogens (tertiary/aromatic N) is 1. The van der Waals surface area contributed by atoms with Crippen molar-refractivity contribution in [2.45, 2.75) is 6.18 Å². The molecule has 0 saturated carbocycles. The van der Waals surface area contributed by atoms with Crippen LogP contribution in [0, 0.1) is 3.57 Å². The molecule has 2 aromatic rings. The van der Waals surface area contributed by atoms with E-state index in [0.717, 1.165) is 3.57 Å². The van der Waals surface area contributed by atoms with Crippen molar-refractivity contribution < 1.29 is 22.7 Å². The fraction of sp³-hybridized carbons (Fsp3) is 0.167. The molecule has 0 saturated heterocycles. The highest BCUT2D eigenvalue weighted by Gasteiger charge is 2.39. The van der Waals surface area contributed by atoms with E-state index in [1.54, 1.807) is 18.2 Å². The molecule has 4 nitrogen and oxygen atoms in total. The Morgan fingerprint density at radius 2 is 2.00 bits per heavy atom. The zero-order valence-corrected chi connectivity index (χ0v) is 12.2. The molecule has 0 aliphatic carbocycles. The monoisotopic (exact) mass is 396 g/mol. The van der Waals surface area contributed by atoms with Crippen molar-refractivity contribution >= 4 is 45.1 Å². The zero-order valence-electron chi connectivity index (χ0n) is 10.1. The van der Waals surface area contributed by atoms with E-state index in [1.807, 2.05) is 27.9 Å². The van der Waals surface area contributed by atoms with Crippen LogP contribution in [0.1, 0.15) is 0 Å². The van der Waals surface area contributed by atoms with Crippen LogP contribution in [0.4, 0.5) is 18.9 Å². The van der Waals surface area contributed by atoms with Crippen LogP contribution in [0.15, 0.2) is 24.3 Å². The summed E-state index contributed by atoms with van der Waals surface area (Å²) in [6, 6.07) is 6.25. The van der Waals surface area contributed by atoms with Gasteiger partial charge in [0, 0.05) is 15.0 Å². The van der Waals surface area contributed by atoms with Gasteiger partial charge in [-0.25, -0.2) is 4.98 Å². The fourth-order valence-electron chi connectivity index (χ4n) is 1.57. The molecule has 0 unspecified atom stereocenters. The lowest BCUT2D eigenvalue weighted by Gasteiger charge is -2.11. The van der Waals surface area contributed by atoms with Crippen molar-refractivity contribution in [3.05, 3.63) is 27.8 Å². The van der Waals surface area contributed by atoms with Crippen molar-refractivity contribution in [1.29, 1.82) is 0 Å². The highest BCUT2D eigenvalue weighted by molar-refractivity contribution is 14.1. The Balaban J connectivity index is 2.53. The molecule has 2 rings (SSSR count). The Hall–Kier alpha value is -1.58. The van der Waals surface area contributed by atoms with Gasteiger partial charge in [-0.1, -0.05) is 0 Å². The molecule has 1 N–H and O–H groups in total. The van der Waals surface area contributed by atoms with E-state index in [0.29, 0.717) is 5.39 Å². The number of alkyl halides is 3. The van der Waals surface area contributed by atoms with Crippen molar-refractivity contribution in [3.8, 4) is 5.88 Å². The molecule has 20 heavy (non-hydrogen) atoms. The topological polar surface area (TPSA) is 51.2 Å². The Kier molecular flexibility index (Phi) is 4.02. The van der Waals surface area contributed by atoms with E-state index in [9.17, 15) is 18.0 Å². The molecule has 0 bridgehead atoms. The standard InChI is InChI=1S/C12H8F3IN2O2/c1-20-9-5-2-6-7(16)3-4-8(10(6)18-9)17-11(19)12(13,14)15/h2-5H,1H3,(H,17,19). The predicted molar refractivity (Wildman–Crippen MR) is 75.7 cm³/mol. The van der Waals surface area contributed by atoms with Crippen molar-refractivity contribution in [1.82, 2.24) is 4.98 Å². The number of carbonyl (C=O) groups excluding carboxylic acids is 1. The number of hydrogen-bond acceptors (Lipinski definition) is 3. The molecule has 1 aromatic carbocycles. The number of amides is 1. The van der Waals surface area contributed by atoms with Crippen molar-refractivity contribution in [2.75, 3.05) is 12.4 Å².